The van der Waals surface area contributed by atoms with E-state index >= 15 is 0 Å². The van der Waals surface area contributed by atoms with Gasteiger partial charge in [0.2, 0.25) is 0 Å². The molecule has 0 heterocycles. The van der Waals surface area contributed by atoms with Crippen molar-refractivity contribution in [1.29, 1.82) is 5.26 Å². The van der Waals surface area contributed by atoms with Crippen molar-refractivity contribution >= 4 is 23.1 Å². The van der Waals surface area contributed by atoms with Gasteiger partial charge in [-0.3, -0.25) is 0 Å². The maximum Gasteiger partial charge on any atom is 0.117 e. The van der Waals surface area contributed by atoms with E-state index in [-0.39, 0.29) is 5.75 Å². The first-order valence-corrected chi connectivity index (χ1v) is 7.57. The van der Waals surface area contributed by atoms with Gasteiger partial charge < -0.3 is 10.0 Å². The van der Waals surface area contributed by atoms with E-state index in [1.807, 2.05) is 42.3 Å². The SMILES string of the molecule is CCN(c1cccc(O)c1)c1cccc(SC)c1C#N. The standard InChI is InChI=1S/C16H16N2OS/c1-3-18(12-6-4-7-13(19)10-12)15-8-5-9-16(20-2)14(15)11-17/h4-10,19H,3H2,1-2H3. The van der Waals surface area contributed by atoms with Crippen LogP contribution in [-0.2, 0) is 0 Å². The van der Waals surface area contributed by atoms with Gasteiger partial charge >= 0.3 is 0 Å². The van der Waals surface area contributed by atoms with Gasteiger partial charge in [-0.15, -0.1) is 11.8 Å². The minimum absolute atomic E-state index is 0.223. The summed E-state index contributed by atoms with van der Waals surface area (Å²) < 4.78 is 0. The summed E-state index contributed by atoms with van der Waals surface area (Å²) >= 11 is 1.56. The molecule has 2 aromatic carbocycles. The average Bonchev–Trinajstić information content (AvgIpc) is 2.47. The van der Waals surface area contributed by atoms with Crippen molar-refractivity contribution in [1.82, 2.24) is 0 Å². The van der Waals surface area contributed by atoms with Crippen molar-refractivity contribution < 1.29 is 5.11 Å². The predicted molar refractivity (Wildman–Crippen MR) is 83.7 cm³/mol. The molecule has 0 saturated heterocycles. The third kappa shape index (κ3) is 2.73. The Hall–Kier alpha value is -2.12. The number of nitriles is 1. The van der Waals surface area contributed by atoms with Crippen LogP contribution >= 0.6 is 11.8 Å². The molecule has 0 fully saturated rings. The molecule has 0 amide bonds. The van der Waals surface area contributed by atoms with Gasteiger partial charge in [-0.2, -0.15) is 5.26 Å². The Morgan fingerprint density at radius 1 is 1.25 bits per heavy atom. The molecule has 1 N–H and O–H groups in total. The largest absolute Gasteiger partial charge is 0.508 e. The maximum atomic E-state index is 9.64. The summed E-state index contributed by atoms with van der Waals surface area (Å²) in [4.78, 5) is 2.99. The minimum Gasteiger partial charge on any atom is -0.508 e. The van der Waals surface area contributed by atoms with E-state index in [4.69, 9.17) is 0 Å². The number of phenols is 1. The topological polar surface area (TPSA) is 47.3 Å². The van der Waals surface area contributed by atoms with Crippen molar-refractivity contribution in [3.8, 4) is 11.8 Å². The molecular weight excluding hydrogens is 268 g/mol. The van der Waals surface area contributed by atoms with Crippen LogP contribution in [0.5, 0.6) is 5.75 Å². The monoisotopic (exact) mass is 284 g/mol. The lowest BCUT2D eigenvalue weighted by Gasteiger charge is -2.25. The smallest absolute Gasteiger partial charge is 0.117 e. The average molecular weight is 284 g/mol. The second-order valence-electron chi connectivity index (χ2n) is 4.23. The van der Waals surface area contributed by atoms with Crippen molar-refractivity contribution in [3.05, 3.63) is 48.0 Å². The molecule has 3 nitrogen and oxygen atoms in total. The lowest BCUT2D eigenvalue weighted by Crippen LogP contribution is -2.17. The highest BCUT2D eigenvalue weighted by molar-refractivity contribution is 7.98. The third-order valence-corrected chi connectivity index (χ3v) is 3.86. The zero-order chi connectivity index (χ0) is 14.5. The van der Waals surface area contributed by atoms with Crippen LogP contribution in [0, 0.1) is 11.3 Å². The molecular formula is C16H16N2OS. The number of benzene rings is 2. The van der Waals surface area contributed by atoms with Crippen LogP contribution in [-0.4, -0.2) is 17.9 Å². The lowest BCUT2D eigenvalue weighted by molar-refractivity contribution is 0.475. The Morgan fingerprint density at radius 2 is 2.00 bits per heavy atom. The Balaban J connectivity index is 2.56. The van der Waals surface area contributed by atoms with Gasteiger partial charge in [0.15, 0.2) is 0 Å². The van der Waals surface area contributed by atoms with Gasteiger partial charge in [0.1, 0.15) is 11.8 Å². The van der Waals surface area contributed by atoms with E-state index < -0.39 is 0 Å². The van der Waals surface area contributed by atoms with Crippen LogP contribution in [0.2, 0.25) is 0 Å². The van der Waals surface area contributed by atoms with Gasteiger partial charge in [0.25, 0.3) is 0 Å². The molecule has 0 aliphatic heterocycles. The Bertz CT molecular complexity index is 649. The van der Waals surface area contributed by atoms with Gasteiger partial charge in [-0.25, -0.2) is 0 Å². The first kappa shape index (κ1) is 14.3. The summed E-state index contributed by atoms with van der Waals surface area (Å²) in [5.74, 6) is 0.223. The van der Waals surface area contributed by atoms with E-state index in [1.165, 1.54) is 0 Å². The van der Waals surface area contributed by atoms with Crippen molar-refractivity contribution in [2.75, 3.05) is 17.7 Å². The normalized spacial score (nSPS) is 10.1. The number of thioether (sulfide) groups is 1. The minimum atomic E-state index is 0.223. The van der Waals surface area contributed by atoms with E-state index in [0.717, 1.165) is 22.8 Å². The van der Waals surface area contributed by atoms with Gasteiger partial charge in [-0.1, -0.05) is 12.1 Å². The lowest BCUT2D eigenvalue weighted by atomic mass is 10.1. The van der Waals surface area contributed by atoms with Crippen LogP contribution in [0.4, 0.5) is 11.4 Å². The number of hydrogen-bond acceptors (Lipinski definition) is 4. The molecule has 0 radical (unpaired) electrons. The van der Waals surface area contributed by atoms with Crippen LogP contribution in [0.3, 0.4) is 0 Å². The van der Waals surface area contributed by atoms with Crippen LogP contribution < -0.4 is 4.90 Å². The van der Waals surface area contributed by atoms with Crippen LogP contribution in [0.1, 0.15) is 12.5 Å². The second kappa shape index (κ2) is 6.36. The molecule has 0 bridgehead atoms. The number of rotatable bonds is 4. The Labute approximate surface area is 123 Å². The zero-order valence-electron chi connectivity index (χ0n) is 11.5. The van der Waals surface area contributed by atoms with Gasteiger partial charge in [-0.05, 0) is 37.4 Å². The summed E-state index contributed by atoms with van der Waals surface area (Å²) in [6.07, 6.45) is 1.96. The molecule has 0 aromatic heterocycles. The van der Waals surface area contributed by atoms with E-state index in [2.05, 4.69) is 6.07 Å². The number of phenolic OH excluding ortho intramolecular Hbond substituents is 1. The van der Waals surface area contributed by atoms with Crippen LogP contribution in [0.15, 0.2) is 47.4 Å². The van der Waals surface area contributed by atoms with Crippen molar-refractivity contribution in [3.63, 3.8) is 0 Å². The van der Waals surface area contributed by atoms with E-state index in [9.17, 15) is 10.4 Å². The maximum absolute atomic E-state index is 9.64. The second-order valence-corrected chi connectivity index (χ2v) is 5.08. The van der Waals surface area contributed by atoms with Crippen molar-refractivity contribution in [2.45, 2.75) is 11.8 Å². The molecule has 20 heavy (non-hydrogen) atoms. The molecule has 2 aromatic rings. The quantitative estimate of drug-likeness (QED) is 0.857. The summed E-state index contributed by atoms with van der Waals surface area (Å²) in [6, 6.07) is 15.2. The summed E-state index contributed by atoms with van der Waals surface area (Å²) in [5, 5.41) is 19.1. The Kier molecular flexibility index (Phi) is 4.54. The molecule has 2 rings (SSSR count). The molecule has 0 spiro atoms. The fraction of sp³-hybridized carbons (Fsp3) is 0.188. The summed E-state index contributed by atoms with van der Waals surface area (Å²) in [7, 11) is 0. The number of aromatic hydroxyl groups is 1. The molecule has 0 aliphatic rings. The van der Waals surface area contributed by atoms with Gasteiger partial charge in [0, 0.05) is 23.2 Å². The highest BCUT2D eigenvalue weighted by Gasteiger charge is 2.14. The first-order valence-electron chi connectivity index (χ1n) is 6.35. The highest BCUT2D eigenvalue weighted by Crippen LogP contribution is 2.34. The molecule has 0 aliphatic carbocycles. The number of hydrogen-bond donors (Lipinski definition) is 1. The fourth-order valence-electron chi connectivity index (χ4n) is 2.18. The molecule has 0 saturated carbocycles. The first-order chi connectivity index (χ1) is 9.71. The summed E-state index contributed by atoms with van der Waals surface area (Å²) in [6.45, 7) is 2.74. The molecule has 0 atom stereocenters. The molecule has 4 heteroatoms. The third-order valence-electron chi connectivity index (χ3n) is 3.08. The fourth-order valence-corrected chi connectivity index (χ4v) is 2.75. The van der Waals surface area contributed by atoms with Gasteiger partial charge in [0.05, 0.1) is 11.3 Å². The number of anilines is 2. The number of nitrogens with zero attached hydrogens (tertiary/aromatic N) is 2. The zero-order valence-corrected chi connectivity index (χ0v) is 12.3. The van der Waals surface area contributed by atoms with E-state index in [1.54, 1.807) is 30.0 Å². The van der Waals surface area contributed by atoms with E-state index in [0.29, 0.717) is 5.56 Å². The predicted octanol–water partition coefficient (Wildman–Crippen LogP) is 4.14. The Morgan fingerprint density at radius 3 is 2.60 bits per heavy atom. The highest BCUT2D eigenvalue weighted by atomic mass is 32.2. The molecule has 0 unspecified atom stereocenters. The van der Waals surface area contributed by atoms with Crippen molar-refractivity contribution in [2.24, 2.45) is 0 Å². The molecule has 102 valence electrons. The van der Waals surface area contributed by atoms with Crippen LogP contribution in [0.25, 0.3) is 0 Å². The summed E-state index contributed by atoms with van der Waals surface area (Å²) in [5.41, 5.74) is 2.42.